The predicted molar refractivity (Wildman–Crippen MR) is 64.5 cm³/mol. The van der Waals surface area contributed by atoms with Crippen LogP contribution in [0.1, 0.15) is 26.2 Å². The molecule has 0 aromatic rings. The molecule has 0 radical (unpaired) electrons. The average molecular weight is 243 g/mol. The maximum absolute atomic E-state index is 12.1. The monoisotopic (exact) mass is 243 g/mol. The van der Waals surface area contributed by atoms with Crippen molar-refractivity contribution < 1.29 is 14.3 Å². The average Bonchev–Trinajstić information content (AvgIpc) is 2.25. The molecule has 1 amide bonds. The van der Waals surface area contributed by atoms with Crippen molar-refractivity contribution in [2.24, 2.45) is 5.41 Å². The molecule has 0 aromatic carbocycles. The van der Waals surface area contributed by atoms with Crippen molar-refractivity contribution >= 4 is 21.3 Å². The highest BCUT2D eigenvalue weighted by Crippen LogP contribution is 2.37. The molecular formula is C11H18NO3P. The second-order valence-electron chi connectivity index (χ2n) is 3.90. The Morgan fingerprint density at radius 2 is 2.44 bits per heavy atom. The number of nitrogens with zero attached hydrogens (tertiary/aromatic N) is 1. The Balaban J connectivity index is 2.98. The number of carbonyl (C=O) groups is 2. The van der Waals surface area contributed by atoms with E-state index in [0.717, 1.165) is 6.42 Å². The zero-order chi connectivity index (χ0) is 12.2. The van der Waals surface area contributed by atoms with Gasteiger partial charge in [0, 0.05) is 6.54 Å². The van der Waals surface area contributed by atoms with Gasteiger partial charge >= 0.3 is 5.97 Å². The van der Waals surface area contributed by atoms with Crippen LogP contribution < -0.4 is 0 Å². The lowest BCUT2D eigenvalue weighted by Crippen LogP contribution is -2.49. The van der Waals surface area contributed by atoms with Crippen molar-refractivity contribution in [3.63, 3.8) is 0 Å². The summed E-state index contributed by atoms with van der Waals surface area (Å²) in [6.07, 6.45) is 3.30. The van der Waals surface area contributed by atoms with Crippen LogP contribution in [0.15, 0.2) is 12.7 Å². The topological polar surface area (TPSA) is 46.6 Å². The Morgan fingerprint density at radius 3 is 3.00 bits per heavy atom. The van der Waals surface area contributed by atoms with E-state index in [2.05, 4.69) is 16.0 Å². The van der Waals surface area contributed by atoms with Gasteiger partial charge in [-0.1, -0.05) is 6.08 Å². The molecule has 90 valence electrons. The van der Waals surface area contributed by atoms with Crippen molar-refractivity contribution in [2.45, 2.75) is 26.2 Å². The first kappa shape index (κ1) is 13.2. The van der Waals surface area contributed by atoms with Gasteiger partial charge in [-0.3, -0.25) is 9.59 Å². The number of hydrogen-bond acceptors (Lipinski definition) is 3. The highest BCUT2D eigenvalue weighted by atomic mass is 31.0. The molecule has 0 spiro atoms. The fraction of sp³-hybridized carbons (Fsp3) is 0.636. The van der Waals surface area contributed by atoms with Crippen LogP contribution in [0.3, 0.4) is 0 Å². The smallest absolute Gasteiger partial charge is 0.321 e. The van der Waals surface area contributed by atoms with Crippen LogP contribution in [0, 0.1) is 5.41 Å². The van der Waals surface area contributed by atoms with Gasteiger partial charge in [0.2, 0.25) is 5.91 Å². The van der Waals surface area contributed by atoms with Gasteiger partial charge in [-0.05, 0) is 35.6 Å². The highest BCUT2D eigenvalue weighted by molar-refractivity contribution is 7.14. The minimum atomic E-state index is -1.04. The third-order valence-corrected chi connectivity index (χ3v) is 3.32. The number of piperidine rings is 1. The van der Waals surface area contributed by atoms with Gasteiger partial charge in [-0.2, -0.15) is 0 Å². The van der Waals surface area contributed by atoms with E-state index in [4.69, 9.17) is 4.74 Å². The first-order valence-corrected chi connectivity index (χ1v) is 5.95. The van der Waals surface area contributed by atoms with Crippen molar-refractivity contribution in [3.8, 4) is 0 Å². The maximum atomic E-state index is 12.1. The van der Waals surface area contributed by atoms with E-state index in [1.807, 2.05) is 0 Å². The third kappa shape index (κ3) is 2.27. The number of rotatable bonds is 4. The van der Waals surface area contributed by atoms with E-state index in [-0.39, 0.29) is 5.91 Å². The van der Waals surface area contributed by atoms with Crippen LogP contribution in [0.5, 0.6) is 0 Å². The normalized spacial score (nSPS) is 25.4. The summed E-state index contributed by atoms with van der Waals surface area (Å²) in [5.41, 5.74) is -1.04. The van der Waals surface area contributed by atoms with Crippen molar-refractivity contribution in [1.29, 1.82) is 0 Å². The van der Waals surface area contributed by atoms with Gasteiger partial charge in [0.05, 0.1) is 6.61 Å². The Labute approximate surface area is 98.3 Å². The van der Waals surface area contributed by atoms with E-state index in [1.165, 1.54) is 4.67 Å². The quantitative estimate of drug-likeness (QED) is 0.325. The van der Waals surface area contributed by atoms with Gasteiger partial charge < -0.3 is 9.41 Å². The van der Waals surface area contributed by atoms with Crippen molar-refractivity contribution in [2.75, 3.05) is 13.2 Å². The summed E-state index contributed by atoms with van der Waals surface area (Å²) in [6.45, 7) is 6.32. The number of carbonyl (C=O) groups excluding carboxylic acids is 2. The molecule has 1 fully saturated rings. The zero-order valence-corrected chi connectivity index (χ0v) is 10.7. The third-order valence-electron chi connectivity index (χ3n) is 2.83. The SMILES string of the molecule is C=CCC1(C(=O)OCC)CCCN(P)C1=O. The van der Waals surface area contributed by atoms with Crippen LogP contribution in [-0.4, -0.2) is 29.7 Å². The second-order valence-corrected chi connectivity index (χ2v) is 4.52. The summed E-state index contributed by atoms with van der Waals surface area (Å²) in [4.78, 5) is 24.0. The fourth-order valence-corrected chi connectivity index (χ4v) is 2.44. The summed E-state index contributed by atoms with van der Waals surface area (Å²) in [7, 11) is 2.36. The zero-order valence-electron chi connectivity index (χ0n) is 9.57. The number of hydrogen-bond donors (Lipinski definition) is 0. The Kier molecular flexibility index (Phi) is 4.48. The first-order chi connectivity index (χ1) is 7.58. The molecule has 1 aliphatic heterocycles. The van der Waals surface area contributed by atoms with Crippen LogP contribution in [-0.2, 0) is 14.3 Å². The highest BCUT2D eigenvalue weighted by Gasteiger charge is 2.49. The predicted octanol–water partition coefficient (Wildman–Crippen LogP) is 1.52. The molecule has 1 saturated heterocycles. The summed E-state index contributed by atoms with van der Waals surface area (Å²) in [6, 6.07) is 0. The van der Waals surface area contributed by atoms with Gasteiger partial charge in [-0.15, -0.1) is 6.58 Å². The summed E-state index contributed by atoms with van der Waals surface area (Å²) >= 11 is 0. The van der Waals surface area contributed by atoms with E-state index < -0.39 is 11.4 Å². The van der Waals surface area contributed by atoms with E-state index in [1.54, 1.807) is 13.0 Å². The molecule has 0 aromatic heterocycles. The van der Waals surface area contributed by atoms with Crippen LogP contribution in [0.4, 0.5) is 0 Å². The molecule has 4 nitrogen and oxygen atoms in total. The van der Waals surface area contributed by atoms with Gasteiger partial charge in [0.25, 0.3) is 0 Å². The number of allylic oxidation sites excluding steroid dienone is 1. The van der Waals surface area contributed by atoms with Crippen molar-refractivity contribution in [1.82, 2.24) is 4.67 Å². The summed E-state index contributed by atoms with van der Waals surface area (Å²) < 4.78 is 6.53. The molecule has 0 bridgehead atoms. The van der Waals surface area contributed by atoms with E-state index in [9.17, 15) is 9.59 Å². The van der Waals surface area contributed by atoms with E-state index in [0.29, 0.717) is 26.0 Å². The molecule has 16 heavy (non-hydrogen) atoms. The molecule has 1 rings (SSSR count). The molecule has 0 N–H and O–H groups in total. The van der Waals surface area contributed by atoms with E-state index >= 15 is 0 Å². The number of amides is 1. The first-order valence-electron chi connectivity index (χ1n) is 5.43. The molecule has 5 heteroatoms. The lowest BCUT2D eigenvalue weighted by Gasteiger charge is -2.37. The number of esters is 1. The van der Waals surface area contributed by atoms with Gasteiger partial charge in [-0.25, -0.2) is 0 Å². The molecule has 2 unspecified atom stereocenters. The van der Waals surface area contributed by atoms with Crippen LogP contribution >= 0.6 is 9.39 Å². The number of ether oxygens (including phenoxy) is 1. The Hall–Kier alpha value is -0.890. The van der Waals surface area contributed by atoms with Crippen LogP contribution in [0.25, 0.3) is 0 Å². The molecule has 0 aliphatic carbocycles. The summed E-state index contributed by atoms with van der Waals surface area (Å²) in [5, 5.41) is 0. The minimum Gasteiger partial charge on any atom is -0.465 e. The fourth-order valence-electron chi connectivity index (χ4n) is 2.01. The maximum Gasteiger partial charge on any atom is 0.321 e. The molecule has 1 aliphatic rings. The molecule has 0 saturated carbocycles. The van der Waals surface area contributed by atoms with Crippen LogP contribution in [0.2, 0.25) is 0 Å². The summed E-state index contributed by atoms with van der Waals surface area (Å²) in [5.74, 6) is -0.603. The minimum absolute atomic E-state index is 0.179. The van der Waals surface area contributed by atoms with Gasteiger partial charge in [0.1, 0.15) is 0 Å². The standard InChI is InChI=1S/C11H18NO3P/c1-3-6-11(10(14)15-4-2)7-5-8-12(16)9(11)13/h3H,1,4-8,16H2,2H3. The Bertz CT molecular complexity index is 306. The molecular weight excluding hydrogens is 225 g/mol. The second kappa shape index (κ2) is 5.44. The van der Waals surface area contributed by atoms with Gasteiger partial charge in [0.15, 0.2) is 5.41 Å². The largest absolute Gasteiger partial charge is 0.465 e. The Morgan fingerprint density at radius 1 is 1.75 bits per heavy atom. The lowest BCUT2D eigenvalue weighted by molar-refractivity contribution is -0.165. The molecule has 2 atom stereocenters. The lowest BCUT2D eigenvalue weighted by atomic mass is 9.77. The van der Waals surface area contributed by atoms with Crippen molar-refractivity contribution in [3.05, 3.63) is 12.7 Å². The molecule has 1 heterocycles.